The Morgan fingerprint density at radius 2 is 2.06 bits per heavy atom. The van der Waals surface area contributed by atoms with Crippen LogP contribution in [0.2, 0.25) is 0 Å². The van der Waals surface area contributed by atoms with Crippen LogP contribution in [0.4, 0.5) is 5.69 Å². The van der Waals surface area contributed by atoms with Gasteiger partial charge >= 0.3 is 0 Å². The molecule has 0 aromatic heterocycles. The zero-order valence-corrected chi connectivity index (χ0v) is 13.2. The molecule has 88 valence electrons. The Bertz CT molecular complexity index is 352. The van der Waals surface area contributed by atoms with Crippen LogP contribution in [0.15, 0.2) is 21.1 Å². The molecule has 1 aliphatic rings. The lowest BCUT2D eigenvalue weighted by Crippen LogP contribution is -2.14. The lowest BCUT2D eigenvalue weighted by molar-refractivity contribution is 0.631. The van der Waals surface area contributed by atoms with Gasteiger partial charge in [-0.05, 0) is 80.3 Å². The van der Waals surface area contributed by atoms with E-state index in [0.717, 1.165) is 21.4 Å². The van der Waals surface area contributed by atoms with E-state index in [1.165, 1.54) is 29.2 Å². The molecule has 1 unspecified atom stereocenters. The smallest absolute Gasteiger partial charge is 0.0629 e. The maximum absolute atomic E-state index is 3.61. The number of anilines is 1. The van der Waals surface area contributed by atoms with Gasteiger partial charge in [-0.3, -0.25) is 0 Å². The van der Waals surface area contributed by atoms with Crippen molar-refractivity contribution in [2.24, 2.45) is 5.92 Å². The Kier molecular flexibility index (Phi) is 4.62. The van der Waals surface area contributed by atoms with Crippen molar-refractivity contribution < 1.29 is 0 Å². The zero-order valence-electron chi connectivity index (χ0n) is 9.22. The topological polar surface area (TPSA) is 12.0 Å². The fraction of sp³-hybridized carbons (Fsp3) is 0.500. The second-order valence-corrected chi connectivity index (χ2v) is 7.07. The maximum atomic E-state index is 3.61. The van der Waals surface area contributed by atoms with Gasteiger partial charge < -0.3 is 5.32 Å². The number of hydrogen-bond acceptors (Lipinski definition) is 2. The van der Waals surface area contributed by atoms with E-state index in [1.54, 1.807) is 0 Å². The summed E-state index contributed by atoms with van der Waals surface area (Å²) in [5.74, 6) is 3.45. The summed E-state index contributed by atoms with van der Waals surface area (Å²) in [6.45, 7) is 3.18. The third-order valence-electron chi connectivity index (χ3n) is 2.78. The van der Waals surface area contributed by atoms with Crippen LogP contribution in [0.1, 0.15) is 12.0 Å². The minimum Gasteiger partial charge on any atom is -0.383 e. The van der Waals surface area contributed by atoms with Crippen molar-refractivity contribution in [1.29, 1.82) is 0 Å². The molecule has 1 aliphatic heterocycles. The largest absolute Gasteiger partial charge is 0.383 e. The third kappa shape index (κ3) is 3.17. The van der Waals surface area contributed by atoms with Crippen LogP contribution in [-0.2, 0) is 0 Å². The first-order valence-corrected chi connectivity index (χ1v) is 8.18. The average molecular weight is 365 g/mol. The second kappa shape index (κ2) is 5.78. The maximum Gasteiger partial charge on any atom is 0.0629 e. The summed E-state index contributed by atoms with van der Waals surface area (Å²) in [6, 6.07) is 4.30. The van der Waals surface area contributed by atoms with Crippen molar-refractivity contribution in [1.82, 2.24) is 0 Å². The van der Waals surface area contributed by atoms with E-state index in [9.17, 15) is 0 Å². The Balaban J connectivity index is 2.03. The highest BCUT2D eigenvalue weighted by atomic mass is 79.9. The van der Waals surface area contributed by atoms with Crippen molar-refractivity contribution in [3.8, 4) is 0 Å². The monoisotopic (exact) mass is 363 g/mol. The molecule has 1 N–H and O–H groups in total. The summed E-state index contributed by atoms with van der Waals surface area (Å²) in [7, 11) is 0. The van der Waals surface area contributed by atoms with Gasteiger partial charge in [-0.2, -0.15) is 11.8 Å². The van der Waals surface area contributed by atoms with Gasteiger partial charge in [-0.1, -0.05) is 0 Å². The zero-order chi connectivity index (χ0) is 11.5. The number of benzene rings is 1. The summed E-state index contributed by atoms with van der Waals surface area (Å²) in [5.41, 5.74) is 2.45. The SMILES string of the molecule is Cc1cc(Br)c(NCC2CCSC2)c(Br)c1. The van der Waals surface area contributed by atoms with Crippen LogP contribution >= 0.6 is 43.6 Å². The molecule has 1 heterocycles. The predicted octanol–water partition coefficient (Wildman–Crippen LogP) is 4.69. The summed E-state index contributed by atoms with van der Waals surface area (Å²) in [5, 5.41) is 3.54. The van der Waals surface area contributed by atoms with Crippen molar-refractivity contribution >= 4 is 49.3 Å². The lowest BCUT2D eigenvalue weighted by Gasteiger charge is -2.14. The Morgan fingerprint density at radius 3 is 2.62 bits per heavy atom. The molecule has 0 aliphatic carbocycles. The Labute approximate surface area is 118 Å². The normalized spacial score (nSPS) is 20.1. The third-order valence-corrected chi connectivity index (χ3v) is 5.26. The van der Waals surface area contributed by atoms with Crippen LogP contribution in [0.25, 0.3) is 0 Å². The standard InChI is InChI=1S/C12H15Br2NS/c1-8-4-10(13)12(11(14)5-8)15-6-9-2-3-16-7-9/h4-5,9,15H,2-3,6-7H2,1H3. The van der Waals surface area contributed by atoms with E-state index in [2.05, 4.69) is 68.0 Å². The van der Waals surface area contributed by atoms with Crippen molar-refractivity contribution in [3.63, 3.8) is 0 Å². The van der Waals surface area contributed by atoms with Gasteiger partial charge in [-0.15, -0.1) is 0 Å². The number of halogens is 2. The average Bonchev–Trinajstić information content (AvgIpc) is 2.68. The predicted molar refractivity (Wildman–Crippen MR) is 80.5 cm³/mol. The van der Waals surface area contributed by atoms with Crippen molar-refractivity contribution in [3.05, 3.63) is 26.6 Å². The molecule has 1 aromatic carbocycles. The van der Waals surface area contributed by atoms with Crippen LogP contribution in [0.3, 0.4) is 0 Å². The van der Waals surface area contributed by atoms with Crippen LogP contribution < -0.4 is 5.32 Å². The first-order chi connectivity index (χ1) is 7.66. The van der Waals surface area contributed by atoms with Gasteiger partial charge in [0, 0.05) is 15.5 Å². The van der Waals surface area contributed by atoms with E-state index >= 15 is 0 Å². The van der Waals surface area contributed by atoms with Crippen LogP contribution in [0, 0.1) is 12.8 Å². The number of thioether (sulfide) groups is 1. The van der Waals surface area contributed by atoms with Gasteiger partial charge in [0.1, 0.15) is 0 Å². The van der Waals surface area contributed by atoms with Gasteiger partial charge in [0.05, 0.1) is 5.69 Å². The summed E-state index contributed by atoms with van der Waals surface area (Å²) < 4.78 is 2.29. The molecule has 0 amide bonds. The highest BCUT2D eigenvalue weighted by Gasteiger charge is 2.16. The number of rotatable bonds is 3. The molecular formula is C12H15Br2NS. The molecular weight excluding hydrogens is 350 g/mol. The molecule has 1 nitrogen and oxygen atoms in total. The summed E-state index contributed by atoms with van der Waals surface area (Å²) in [6.07, 6.45) is 1.35. The Hall–Kier alpha value is 0.330. The van der Waals surface area contributed by atoms with Crippen LogP contribution in [0.5, 0.6) is 0 Å². The van der Waals surface area contributed by atoms with E-state index in [0.29, 0.717) is 0 Å². The van der Waals surface area contributed by atoms with Crippen molar-refractivity contribution in [2.45, 2.75) is 13.3 Å². The van der Waals surface area contributed by atoms with Gasteiger partial charge in [-0.25, -0.2) is 0 Å². The highest BCUT2D eigenvalue weighted by molar-refractivity contribution is 9.11. The molecule has 1 aromatic rings. The molecule has 0 saturated carbocycles. The molecule has 4 heteroatoms. The molecule has 1 fully saturated rings. The van der Waals surface area contributed by atoms with Gasteiger partial charge in [0.25, 0.3) is 0 Å². The van der Waals surface area contributed by atoms with E-state index in [4.69, 9.17) is 0 Å². The number of nitrogens with one attached hydrogen (secondary N) is 1. The van der Waals surface area contributed by atoms with Gasteiger partial charge in [0.15, 0.2) is 0 Å². The molecule has 0 spiro atoms. The highest BCUT2D eigenvalue weighted by Crippen LogP contribution is 2.33. The minimum absolute atomic E-state index is 0.824. The van der Waals surface area contributed by atoms with Gasteiger partial charge in [0.2, 0.25) is 0 Å². The summed E-state index contributed by atoms with van der Waals surface area (Å²) in [4.78, 5) is 0. The molecule has 16 heavy (non-hydrogen) atoms. The quantitative estimate of drug-likeness (QED) is 0.835. The minimum atomic E-state index is 0.824. The van der Waals surface area contributed by atoms with Crippen molar-refractivity contribution in [2.75, 3.05) is 23.4 Å². The molecule has 1 saturated heterocycles. The Morgan fingerprint density at radius 1 is 1.38 bits per heavy atom. The van der Waals surface area contributed by atoms with E-state index < -0.39 is 0 Å². The first-order valence-electron chi connectivity index (χ1n) is 5.44. The second-order valence-electron chi connectivity index (χ2n) is 4.21. The van der Waals surface area contributed by atoms with E-state index in [1.807, 2.05) is 0 Å². The molecule has 2 rings (SSSR count). The molecule has 0 radical (unpaired) electrons. The fourth-order valence-corrected chi connectivity index (χ4v) is 4.84. The first kappa shape index (κ1) is 12.8. The molecule has 1 atom stereocenters. The molecule has 0 bridgehead atoms. The lowest BCUT2D eigenvalue weighted by atomic mass is 10.1. The number of hydrogen-bond donors (Lipinski definition) is 1. The summed E-state index contributed by atoms with van der Waals surface area (Å²) >= 11 is 9.28. The van der Waals surface area contributed by atoms with E-state index in [-0.39, 0.29) is 0 Å². The van der Waals surface area contributed by atoms with Crippen LogP contribution in [-0.4, -0.2) is 18.1 Å². The fourth-order valence-electron chi connectivity index (χ4n) is 1.86. The number of aryl methyl sites for hydroxylation is 1.